The molecule has 0 aromatic heterocycles. The number of aliphatic imine (C=N–C) groups is 1. The van der Waals surface area contributed by atoms with Crippen molar-refractivity contribution in [2.24, 2.45) is 10.8 Å². The summed E-state index contributed by atoms with van der Waals surface area (Å²) in [4.78, 5) is 4.69. The number of nitrogens with zero attached hydrogens (tertiary/aromatic N) is 1. The molecule has 5 heteroatoms. The SMILES string of the molecule is COc1ccc(Br)cc1C(=NC1CCCC1)NN. The van der Waals surface area contributed by atoms with Crippen LogP contribution in [0.15, 0.2) is 27.7 Å². The van der Waals surface area contributed by atoms with Crippen molar-refractivity contribution >= 4 is 21.8 Å². The molecule has 0 saturated heterocycles. The summed E-state index contributed by atoms with van der Waals surface area (Å²) in [5.74, 6) is 7.07. The van der Waals surface area contributed by atoms with Gasteiger partial charge in [-0.3, -0.25) is 4.99 Å². The fourth-order valence-corrected chi connectivity index (χ4v) is 2.63. The molecule has 0 heterocycles. The normalized spacial score (nSPS) is 16.9. The van der Waals surface area contributed by atoms with E-state index < -0.39 is 0 Å². The Morgan fingerprint density at radius 3 is 2.78 bits per heavy atom. The van der Waals surface area contributed by atoms with Gasteiger partial charge in [0, 0.05) is 4.47 Å². The molecule has 0 spiro atoms. The largest absolute Gasteiger partial charge is 0.496 e. The maximum atomic E-state index is 5.60. The molecule has 0 aliphatic heterocycles. The highest BCUT2D eigenvalue weighted by molar-refractivity contribution is 9.10. The van der Waals surface area contributed by atoms with Gasteiger partial charge < -0.3 is 10.2 Å². The number of halogens is 1. The number of ether oxygens (including phenoxy) is 1. The second kappa shape index (κ2) is 6.20. The van der Waals surface area contributed by atoms with Crippen LogP contribution in [0.25, 0.3) is 0 Å². The van der Waals surface area contributed by atoms with Crippen LogP contribution in [0.4, 0.5) is 0 Å². The third-order valence-electron chi connectivity index (χ3n) is 3.19. The van der Waals surface area contributed by atoms with Crippen molar-refractivity contribution in [2.45, 2.75) is 31.7 Å². The lowest BCUT2D eigenvalue weighted by atomic mass is 10.1. The first-order valence-electron chi connectivity index (χ1n) is 6.13. The van der Waals surface area contributed by atoms with Gasteiger partial charge in [0.05, 0.1) is 18.7 Å². The molecule has 1 saturated carbocycles. The molecular formula is C13H18BrN3O. The van der Waals surface area contributed by atoms with Gasteiger partial charge in [-0.05, 0) is 31.0 Å². The van der Waals surface area contributed by atoms with Crippen molar-refractivity contribution in [2.75, 3.05) is 7.11 Å². The number of hydrogen-bond acceptors (Lipinski definition) is 3. The van der Waals surface area contributed by atoms with Crippen LogP contribution >= 0.6 is 15.9 Å². The Hall–Kier alpha value is -1.07. The van der Waals surface area contributed by atoms with Crippen molar-refractivity contribution < 1.29 is 4.74 Å². The van der Waals surface area contributed by atoms with E-state index in [0.29, 0.717) is 11.9 Å². The predicted octanol–water partition coefficient (Wildman–Crippen LogP) is 2.61. The van der Waals surface area contributed by atoms with E-state index in [-0.39, 0.29) is 0 Å². The molecule has 0 atom stereocenters. The van der Waals surface area contributed by atoms with Crippen LogP contribution in [0.3, 0.4) is 0 Å². The zero-order valence-corrected chi connectivity index (χ0v) is 12.0. The number of amidine groups is 1. The molecule has 1 aliphatic rings. The van der Waals surface area contributed by atoms with E-state index in [1.807, 2.05) is 18.2 Å². The van der Waals surface area contributed by atoms with E-state index in [0.717, 1.165) is 28.6 Å². The minimum Gasteiger partial charge on any atom is -0.496 e. The van der Waals surface area contributed by atoms with Gasteiger partial charge in [-0.1, -0.05) is 28.8 Å². The molecule has 1 aromatic rings. The molecule has 0 unspecified atom stereocenters. The Bertz CT molecular complexity index is 442. The van der Waals surface area contributed by atoms with Gasteiger partial charge in [0.2, 0.25) is 0 Å². The number of benzene rings is 1. The number of nitrogens with one attached hydrogen (secondary N) is 1. The van der Waals surface area contributed by atoms with Gasteiger partial charge in [0.1, 0.15) is 11.6 Å². The Labute approximate surface area is 116 Å². The summed E-state index contributed by atoms with van der Waals surface area (Å²) in [6.45, 7) is 0. The summed E-state index contributed by atoms with van der Waals surface area (Å²) in [5.41, 5.74) is 3.59. The first-order chi connectivity index (χ1) is 8.74. The van der Waals surface area contributed by atoms with Crippen LogP contribution in [0, 0.1) is 0 Å². The Morgan fingerprint density at radius 1 is 1.44 bits per heavy atom. The summed E-state index contributed by atoms with van der Waals surface area (Å²) in [6, 6.07) is 6.18. The van der Waals surface area contributed by atoms with Crippen LogP contribution in [0.5, 0.6) is 5.75 Å². The lowest BCUT2D eigenvalue weighted by Crippen LogP contribution is -2.32. The third-order valence-corrected chi connectivity index (χ3v) is 3.68. The fourth-order valence-electron chi connectivity index (χ4n) is 2.27. The predicted molar refractivity (Wildman–Crippen MR) is 76.8 cm³/mol. The molecule has 1 aliphatic carbocycles. The molecule has 4 nitrogen and oxygen atoms in total. The fraction of sp³-hybridized carbons (Fsp3) is 0.462. The molecule has 1 aromatic carbocycles. The average Bonchev–Trinajstić information content (AvgIpc) is 2.88. The lowest BCUT2D eigenvalue weighted by molar-refractivity contribution is 0.413. The first kappa shape index (κ1) is 13.4. The maximum Gasteiger partial charge on any atom is 0.146 e. The van der Waals surface area contributed by atoms with Crippen LogP contribution in [0.1, 0.15) is 31.2 Å². The highest BCUT2D eigenvalue weighted by Crippen LogP contribution is 2.25. The van der Waals surface area contributed by atoms with Crippen molar-refractivity contribution in [1.29, 1.82) is 0 Å². The molecule has 1 fully saturated rings. The molecule has 3 N–H and O–H groups in total. The van der Waals surface area contributed by atoms with E-state index in [9.17, 15) is 0 Å². The summed E-state index contributed by atoms with van der Waals surface area (Å²) in [6.07, 6.45) is 4.78. The van der Waals surface area contributed by atoms with E-state index in [4.69, 9.17) is 15.6 Å². The van der Waals surface area contributed by atoms with Crippen LogP contribution in [-0.4, -0.2) is 19.0 Å². The van der Waals surface area contributed by atoms with Crippen LogP contribution in [-0.2, 0) is 0 Å². The minimum atomic E-state index is 0.375. The molecule has 18 heavy (non-hydrogen) atoms. The van der Waals surface area contributed by atoms with Crippen molar-refractivity contribution in [3.63, 3.8) is 0 Å². The third kappa shape index (κ3) is 3.03. The zero-order chi connectivity index (χ0) is 13.0. The molecule has 0 bridgehead atoms. The summed E-state index contributed by atoms with van der Waals surface area (Å²) < 4.78 is 6.33. The number of nitrogens with two attached hydrogens (primary N) is 1. The second-order valence-electron chi connectivity index (χ2n) is 4.40. The smallest absolute Gasteiger partial charge is 0.146 e. The van der Waals surface area contributed by atoms with Crippen molar-refractivity contribution in [3.8, 4) is 5.75 Å². The van der Waals surface area contributed by atoms with E-state index >= 15 is 0 Å². The highest BCUT2D eigenvalue weighted by atomic mass is 79.9. The van der Waals surface area contributed by atoms with E-state index in [1.54, 1.807) is 7.11 Å². The molecule has 2 rings (SSSR count). The maximum absolute atomic E-state index is 5.60. The standard InChI is InChI=1S/C13H18BrN3O/c1-18-12-7-6-9(14)8-11(12)13(17-15)16-10-4-2-3-5-10/h6-8,10H,2-5,15H2,1H3,(H,16,17). The number of hydrazine groups is 1. The zero-order valence-electron chi connectivity index (χ0n) is 10.4. The van der Waals surface area contributed by atoms with Crippen LogP contribution < -0.4 is 16.0 Å². The van der Waals surface area contributed by atoms with Gasteiger partial charge in [0.25, 0.3) is 0 Å². The van der Waals surface area contributed by atoms with Gasteiger partial charge >= 0.3 is 0 Å². The van der Waals surface area contributed by atoms with Crippen molar-refractivity contribution in [3.05, 3.63) is 28.2 Å². The number of rotatable bonds is 3. The summed E-state index contributed by atoms with van der Waals surface area (Å²) in [5, 5.41) is 0. The van der Waals surface area contributed by atoms with Crippen LogP contribution in [0.2, 0.25) is 0 Å². The van der Waals surface area contributed by atoms with Gasteiger partial charge in [-0.15, -0.1) is 0 Å². The topological polar surface area (TPSA) is 59.6 Å². The van der Waals surface area contributed by atoms with E-state index in [2.05, 4.69) is 21.4 Å². The molecular weight excluding hydrogens is 294 g/mol. The van der Waals surface area contributed by atoms with Gasteiger partial charge in [-0.25, -0.2) is 5.84 Å². The molecule has 98 valence electrons. The summed E-state index contributed by atoms with van der Waals surface area (Å²) in [7, 11) is 1.65. The first-order valence-corrected chi connectivity index (χ1v) is 6.92. The summed E-state index contributed by atoms with van der Waals surface area (Å²) >= 11 is 3.46. The second-order valence-corrected chi connectivity index (χ2v) is 5.32. The van der Waals surface area contributed by atoms with Crippen molar-refractivity contribution in [1.82, 2.24) is 5.43 Å². The molecule has 0 radical (unpaired) electrons. The number of methoxy groups -OCH3 is 1. The molecule has 0 amide bonds. The lowest BCUT2D eigenvalue weighted by Gasteiger charge is -2.13. The Balaban J connectivity index is 2.33. The Morgan fingerprint density at radius 2 is 2.17 bits per heavy atom. The minimum absolute atomic E-state index is 0.375. The average molecular weight is 312 g/mol. The Kier molecular flexibility index (Phi) is 4.60. The van der Waals surface area contributed by atoms with Gasteiger partial charge in [0.15, 0.2) is 0 Å². The monoisotopic (exact) mass is 311 g/mol. The van der Waals surface area contributed by atoms with E-state index in [1.165, 1.54) is 12.8 Å². The quantitative estimate of drug-likeness (QED) is 0.390. The highest BCUT2D eigenvalue weighted by Gasteiger charge is 2.17. The van der Waals surface area contributed by atoms with Gasteiger partial charge in [-0.2, -0.15) is 0 Å². The number of hydrogen-bond donors (Lipinski definition) is 2.